The van der Waals surface area contributed by atoms with Crippen molar-refractivity contribution in [3.05, 3.63) is 146 Å². The first kappa shape index (κ1) is 24.6. The van der Waals surface area contributed by atoms with Gasteiger partial charge in [-0.25, -0.2) is 9.97 Å². The molecule has 0 spiro atoms. The van der Waals surface area contributed by atoms with Crippen molar-refractivity contribution in [3.63, 3.8) is 0 Å². The van der Waals surface area contributed by atoms with Crippen LogP contribution in [0, 0.1) is 0 Å². The van der Waals surface area contributed by atoms with Gasteiger partial charge in [0.2, 0.25) is 0 Å². The molecule has 4 aromatic heterocycles. The van der Waals surface area contributed by atoms with Crippen molar-refractivity contribution in [3.8, 4) is 22.1 Å². The summed E-state index contributed by atoms with van der Waals surface area (Å²) in [6.07, 6.45) is 1.87. The third-order valence-electron chi connectivity index (χ3n) is 8.99. The molecule has 5 heteroatoms. The van der Waals surface area contributed by atoms with Gasteiger partial charge in [0.25, 0.3) is 0 Å². The van der Waals surface area contributed by atoms with E-state index in [1.54, 1.807) is 11.3 Å². The Morgan fingerprint density at radius 2 is 1.24 bits per heavy atom. The average molecular weight is 593 g/mol. The Hall–Kier alpha value is -5.78. The van der Waals surface area contributed by atoms with Crippen molar-refractivity contribution in [2.24, 2.45) is 0 Å². The van der Waals surface area contributed by atoms with Crippen molar-refractivity contribution in [1.82, 2.24) is 19.1 Å². The van der Waals surface area contributed by atoms with Crippen LogP contribution in [0.15, 0.2) is 146 Å². The lowest BCUT2D eigenvalue weighted by atomic mass is 10.1. The van der Waals surface area contributed by atoms with Crippen LogP contribution < -0.4 is 0 Å². The van der Waals surface area contributed by atoms with Crippen LogP contribution in [0.3, 0.4) is 0 Å². The number of aromatic nitrogens is 4. The van der Waals surface area contributed by atoms with Crippen LogP contribution >= 0.6 is 11.3 Å². The monoisotopic (exact) mass is 592 g/mol. The molecule has 0 bridgehead atoms. The first-order chi connectivity index (χ1) is 22.3. The molecule has 45 heavy (non-hydrogen) atoms. The van der Waals surface area contributed by atoms with Crippen molar-refractivity contribution >= 4 is 75.9 Å². The SMILES string of the molecule is c1ccc(-n2c3cc(-n4c5ccccc5c5ccc(-c6nc7ccccc7s6)cc54)ccc3c3ccc4ccccc4c32)nc1. The van der Waals surface area contributed by atoms with Crippen LogP contribution in [-0.2, 0) is 0 Å². The number of hydrogen-bond acceptors (Lipinski definition) is 3. The minimum Gasteiger partial charge on any atom is -0.309 e. The van der Waals surface area contributed by atoms with Gasteiger partial charge in [-0.3, -0.25) is 4.57 Å². The number of rotatable bonds is 3. The second kappa shape index (κ2) is 9.36. The summed E-state index contributed by atoms with van der Waals surface area (Å²) in [4.78, 5) is 9.81. The number of para-hydroxylation sites is 2. The number of fused-ring (bicyclic) bond motifs is 9. The van der Waals surface area contributed by atoms with E-state index in [4.69, 9.17) is 9.97 Å². The maximum Gasteiger partial charge on any atom is 0.137 e. The van der Waals surface area contributed by atoms with E-state index >= 15 is 0 Å². The molecule has 0 atom stereocenters. The van der Waals surface area contributed by atoms with Gasteiger partial charge in [0.1, 0.15) is 10.8 Å². The van der Waals surface area contributed by atoms with Gasteiger partial charge in [-0.05, 0) is 53.9 Å². The Kier molecular flexibility index (Phi) is 5.12. The van der Waals surface area contributed by atoms with Gasteiger partial charge in [0.05, 0.1) is 32.3 Å². The van der Waals surface area contributed by atoms with Gasteiger partial charge in [0, 0.05) is 44.4 Å². The maximum absolute atomic E-state index is 4.98. The number of thiazole rings is 1. The van der Waals surface area contributed by atoms with Gasteiger partial charge in [-0.1, -0.05) is 91.0 Å². The molecule has 210 valence electrons. The minimum atomic E-state index is 0.909. The molecule has 0 aliphatic carbocycles. The number of nitrogens with zero attached hydrogens (tertiary/aromatic N) is 4. The molecule has 0 radical (unpaired) electrons. The molecule has 0 unspecified atom stereocenters. The Balaban J connectivity index is 1.29. The summed E-state index contributed by atoms with van der Waals surface area (Å²) in [6, 6.07) is 49.9. The third-order valence-corrected chi connectivity index (χ3v) is 10.1. The highest BCUT2D eigenvalue weighted by atomic mass is 32.1. The fourth-order valence-electron chi connectivity index (χ4n) is 7.01. The van der Waals surface area contributed by atoms with E-state index in [2.05, 4.69) is 143 Å². The lowest BCUT2D eigenvalue weighted by molar-refractivity contribution is 1.08. The molecule has 0 fully saturated rings. The predicted molar refractivity (Wildman–Crippen MR) is 189 cm³/mol. The second-order valence-corrected chi connectivity index (χ2v) is 12.5. The molecular weight excluding hydrogens is 569 g/mol. The standard InChI is InChI=1S/C40H24N4S/c1-2-10-28-25(9-1)16-20-32-31-21-18-27(24-36(31)44(39(28)32)38-15-7-8-22-41-38)43-34-13-5-3-11-29(34)30-19-17-26(23-35(30)43)40-42-33-12-4-6-14-37(33)45-40/h1-24H. The highest BCUT2D eigenvalue weighted by Crippen LogP contribution is 2.40. The van der Waals surface area contributed by atoms with E-state index in [0.29, 0.717) is 0 Å². The van der Waals surface area contributed by atoms with E-state index in [1.807, 2.05) is 12.3 Å². The van der Waals surface area contributed by atoms with E-state index < -0.39 is 0 Å². The second-order valence-electron chi connectivity index (χ2n) is 11.5. The molecule has 10 rings (SSSR count). The highest BCUT2D eigenvalue weighted by Gasteiger charge is 2.19. The number of hydrogen-bond donors (Lipinski definition) is 0. The summed E-state index contributed by atoms with van der Waals surface area (Å²) < 4.78 is 5.93. The summed E-state index contributed by atoms with van der Waals surface area (Å²) in [6.45, 7) is 0. The Bertz CT molecular complexity index is 2730. The number of benzene rings is 6. The summed E-state index contributed by atoms with van der Waals surface area (Å²) >= 11 is 1.74. The molecule has 0 saturated carbocycles. The third kappa shape index (κ3) is 3.59. The molecule has 0 saturated heterocycles. The van der Waals surface area contributed by atoms with Crippen LogP contribution in [0.4, 0.5) is 0 Å². The smallest absolute Gasteiger partial charge is 0.137 e. The summed E-state index contributed by atoms with van der Waals surface area (Å²) in [7, 11) is 0. The normalized spacial score (nSPS) is 12.0. The van der Waals surface area contributed by atoms with Crippen LogP contribution in [0.1, 0.15) is 0 Å². The summed E-state index contributed by atoms with van der Waals surface area (Å²) in [5.41, 5.74) is 7.93. The molecule has 0 amide bonds. The van der Waals surface area contributed by atoms with Gasteiger partial charge in [-0.2, -0.15) is 0 Å². The Morgan fingerprint density at radius 3 is 2.16 bits per heavy atom. The molecule has 0 N–H and O–H groups in total. The molecule has 0 aliphatic heterocycles. The molecule has 0 aliphatic rings. The van der Waals surface area contributed by atoms with Crippen LogP contribution in [0.25, 0.3) is 86.7 Å². The van der Waals surface area contributed by atoms with E-state index in [1.165, 1.54) is 53.6 Å². The van der Waals surface area contributed by atoms with E-state index in [9.17, 15) is 0 Å². The molecule has 10 aromatic rings. The van der Waals surface area contributed by atoms with Crippen LogP contribution in [-0.4, -0.2) is 19.1 Å². The fourth-order valence-corrected chi connectivity index (χ4v) is 7.97. The zero-order valence-corrected chi connectivity index (χ0v) is 24.9. The zero-order valence-electron chi connectivity index (χ0n) is 24.1. The quantitative estimate of drug-likeness (QED) is 0.205. The predicted octanol–water partition coefficient (Wildman–Crippen LogP) is 10.7. The summed E-state index contributed by atoms with van der Waals surface area (Å²) in [5.74, 6) is 0.909. The Morgan fingerprint density at radius 1 is 0.511 bits per heavy atom. The molecular formula is C40H24N4S. The van der Waals surface area contributed by atoms with Gasteiger partial charge in [0.15, 0.2) is 0 Å². The maximum atomic E-state index is 4.98. The Labute approximate surface area is 262 Å². The van der Waals surface area contributed by atoms with Crippen molar-refractivity contribution in [2.75, 3.05) is 0 Å². The van der Waals surface area contributed by atoms with Gasteiger partial charge in [-0.15, -0.1) is 11.3 Å². The number of pyridine rings is 1. The van der Waals surface area contributed by atoms with Crippen LogP contribution in [0.2, 0.25) is 0 Å². The van der Waals surface area contributed by atoms with Crippen molar-refractivity contribution < 1.29 is 0 Å². The first-order valence-corrected chi connectivity index (χ1v) is 15.9. The molecule has 6 aromatic carbocycles. The summed E-state index contributed by atoms with van der Waals surface area (Å²) in [5, 5.41) is 8.37. The first-order valence-electron chi connectivity index (χ1n) is 15.1. The van der Waals surface area contributed by atoms with Gasteiger partial charge >= 0.3 is 0 Å². The topological polar surface area (TPSA) is 35.6 Å². The lowest BCUT2D eigenvalue weighted by Crippen LogP contribution is -1.99. The van der Waals surface area contributed by atoms with E-state index in [0.717, 1.165) is 33.1 Å². The zero-order chi connectivity index (χ0) is 29.5. The largest absolute Gasteiger partial charge is 0.309 e. The highest BCUT2D eigenvalue weighted by molar-refractivity contribution is 7.21. The van der Waals surface area contributed by atoms with E-state index in [-0.39, 0.29) is 0 Å². The lowest BCUT2D eigenvalue weighted by Gasteiger charge is -2.11. The molecule has 4 heterocycles. The minimum absolute atomic E-state index is 0.909. The average Bonchev–Trinajstić information content (AvgIpc) is 3.78. The van der Waals surface area contributed by atoms with Gasteiger partial charge < -0.3 is 4.57 Å². The fraction of sp³-hybridized carbons (Fsp3) is 0. The van der Waals surface area contributed by atoms with Crippen LogP contribution in [0.5, 0.6) is 0 Å². The van der Waals surface area contributed by atoms with Crippen molar-refractivity contribution in [1.29, 1.82) is 0 Å². The molecule has 4 nitrogen and oxygen atoms in total. The van der Waals surface area contributed by atoms with Crippen molar-refractivity contribution in [2.45, 2.75) is 0 Å².